The molecule has 0 aromatic heterocycles. The molecule has 2 saturated heterocycles. The summed E-state index contributed by atoms with van der Waals surface area (Å²) in [5.41, 5.74) is 1.23. The van der Waals surface area contributed by atoms with Crippen LogP contribution in [0.1, 0.15) is 72.3 Å². The predicted molar refractivity (Wildman–Crippen MR) is 133 cm³/mol. The van der Waals surface area contributed by atoms with Crippen LogP contribution in [0.2, 0.25) is 5.02 Å². The maximum absolute atomic E-state index is 12.9. The summed E-state index contributed by atoms with van der Waals surface area (Å²) >= 11 is 6.00. The van der Waals surface area contributed by atoms with Gasteiger partial charge in [0.1, 0.15) is 6.04 Å². The number of hydrogen-bond donors (Lipinski definition) is 1. The Morgan fingerprint density at radius 2 is 1.58 bits per heavy atom. The molecule has 184 valence electrons. The molecule has 2 atom stereocenters. The average Bonchev–Trinajstić information content (AvgIpc) is 3.27. The van der Waals surface area contributed by atoms with Crippen molar-refractivity contribution in [2.75, 3.05) is 26.2 Å². The molecule has 2 unspecified atom stereocenters. The Kier molecular flexibility index (Phi) is 9.77. The van der Waals surface area contributed by atoms with Crippen LogP contribution in [0.5, 0.6) is 0 Å². The third-order valence-electron chi connectivity index (χ3n) is 6.66. The Labute approximate surface area is 204 Å². The molecule has 3 amide bonds. The van der Waals surface area contributed by atoms with E-state index in [2.05, 4.69) is 31.3 Å². The first kappa shape index (κ1) is 27.2. The summed E-state index contributed by atoms with van der Waals surface area (Å²) < 4.78 is 0. The topological polar surface area (TPSA) is 69.7 Å². The number of piperidine rings is 1. The molecule has 7 heteroatoms. The van der Waals surface area contributed by atoms with Gasteiger partial charge in [-0.2, -0.15) is 0 Å². The van der Waals surface area contributed by atoms with Gasteiger partial charge >= 0.3 is 0 Å². The molecule has 2 fully saturated rings. The van der Waals surface area contributed by atoms with Crippen LogP contribution >= 0.6 is 11.6 Å². The van der Waals surface area contributed by atoms with Crippen LogP contribution in [-0.4, -0.2) is 59.7 Å². The smallest absolute Gasteiger partial charge is 0.245 e. The van der Waals surface area contributed by atoms with Crippen molar-refractivity contribution in [2.24, 2.45) is 11.3 Å². The van der Waals surface area contributed by atoms with Gasteiger partial charge in [-0.3, -0.25) is 14.4 Å². The van der Waals surface area contributed by atoms with E-state index in [4.69, 9.17) is 11.6 Å². The molecule has 2 aliphatic heterocycles. The van der Waals surface area contributed by atoms with Crippen molar-refractivity contribution in [2.45, 2.75) is 72.8 Å². The number of benzene rings is 1. The van der Waals surface area contributed by atoms with Crippen molar-refractivity contribution in [1.29, 1.82) is 0 Å². The lowest BCUT2D eigenvalue weighted by atomic mass is 9.70. The molecule has 33 heavy (non-hydrogen) atoms. The molecule has 2 aliphatic rings. The second-order valence-electron chi connectivity index (χ2n) is 10.3. The van der Waals surface area contributed by atoms with Crippen molar-refractivity contribution in [3.63, 3.8) is 0 Å². The lowest BCUT2D eigenvalue weighted by Crippen LogP contribution is -2.55. The normalized spacial score (nSPS) is 20.7. The molecule has 0 aliphatic carbocycles. The number of hydrogen-bond acceptors (Lipinski definition) is 3. The van der Waals surface area contributed by atoms with Crippen LogP contribution < -0.4 is 5.32 Å². The molecule has 1 N–H and O–H groups in total. The van der Waals surface area contributed by atoms with Crippen LogP contribution in [0, 0.1) is 11.3 Å². The summed E-state index contributed by atoms with van der Waals surface area (Å²) in [7, 11) is 0. The predicted octanol–water partition coefficient (Wildman–Crippen LogP) is 4.47. The van der Waals surface area contributed by atoms with Crippen molar-refractivity contribution in [1.82, 2.24) is 15.1 Å². The highest BCUT2D eigenvalue weighted by Crippen LogP contribution is 2.42. The summed E-state index contributed by atoms with van der Waals surface area (Å²) in [6, 6.07) is 7.56. The number of nitrogens with zero attached hydrogens (tertiary/aromatic N) is 2. The van der Waals surface area contributed by atoms with E-state index >= 15 is 0 Å². The van der Waals surface area contributed by atoms with Crippen molar-refractivity contribution in [3.05, 3.63) is 34.9 Å². The van der Waals surface area contributed by atoms with Gasteiger partial charge in [0, 0.05) is 45.0 Å². The Hall–Kier alpha value is -2.08. The van der Waals surface area contributed by atoms with Gasteiger partial charge in [-0.05, 0) is 54.2 Å². The zero-order chi connectivity index (χ0) is 24.8. The summed E-state index contributed by atoms with van der Waals surface area (Å²) in [5.74, 6) is 0.526. The van der Waals surface area contributed by atoms with E-state index < -0.39 is 6.04 Å². The lowest BCUT2D eigenvalue weighted by molar-refractivity contribution is -0.140. The highest BCUT2D eigenvalue weighted by atomic mass is 35.5. The van der Waals surface area contributed by atoms with Crippen LogP contribution in [0.4, 0.5) is 0 Å². The fourth-order valence-corrected chi connectivity index (χ4v) is 4.95. The van der Waals surface area contributed by atoms with Crippen LogP contribution in [0.15, 0.2) is 24.3 Å². The van der Waals surface area contributed by atoms with E-state index in [0.717, 1.165) is 24.5 Å². The lowest BCUT2D eigenvalue weighted by Gasteiger charge is -2.45. The number of likely N-dealkylation sites (tertiary alicyclic amines) is 2. The minimum Gasteiger partial charge on any atom is -0.344 e. The zero-order valence-corrected chi connectivity index (χ0v) is 21.7. The molecule has 2 heterocycles. The second kappa shape index (κ2) is 11.9. The van der Waals surface area contributed by atoms with E-state index in [0.29, 0.717) is 19.0 Å². The second-order valence-corrected chi connectivity index (χ2v) is 10.7. The molecule has 0 bridgehead atoms. The van der Waals surface area contributed by atoms with Gasteiger partial charge in [0.05, 0.1) is 0 Å². The van der Waals surface area contributed by atoms with Gasteiger partial charge in [0.2, 0.25) is 17.7 Å². The number of carbonyl (C=O) groups is 3. The molecule has 0 radical (unpaired) electrons. The van der Waals surface area contributed by atoms with Crippen LogP contribution in [0.3, 0.4) is 0 Å². The minimum atomic E-state index is -0.458. The first-order chi connectivity index (χ1) is 15.4. The molecule has 3 rings (SSSR count). The fraction of sp³-hybridized carbons (Fsp3) is 0.654. The Morgan fingerprint density at radius 3 is 2.00 bits per heavy atom. The molecule has 0 spiro atoms. The Balaban J connectivity index is 0.000000405. The van der Waals surface area contributed by atoms with Gasteiger partial charge < -0.3 is 15.1 Å². The largest absolute Gasteiger partial charge is 0.344 e. The van der Waals surface area contributed by atoms with E-state index in [-0.39, 0.29) is 29.1 Å². The number of halogens is 1. The van der Waals surface area contributed by atoms with Gasteiger partial charge in [-0.15, -0.1) is 0 Å². The van der Waals surface area contributed by atoms with Gasteiger partial charge in [-0.1, -0.05) is 51.4 Å². The zero-order valence-electron chi connectivity index (χ0n) is 21.0. The monoisotopic (exact) mass is 477 g/mol. The molecule has 1 aromatic carbocycles. The minimum absolute atomic E-state index is 0.0211. The molecule has 0 saturated carbocycles. The Bertz CT molecular complexity index is 817. The summed E-state index contributed by atoms with van der Waals surface area (Å²) in [5, 5.41) is 3.55. The highest BCUT2D eigenvalue weighted by Gasteiger charge is 2.40. The summed E-state index contributed by atoms with van der Waals surface area (Å²) in [6.45, 7) is 14.8. The number of rotatable bonds is 4. The van der Waals surface area contributed by atoms with E-state index in [1.807, 2.05) is 35.8 Å². The third kappa shape index (κ3) is 7.73. The highest BCUT2D eigenvalue weighted by molar-refractivity contribution is 6.30. The summed E-state index contributed by atoms with van der Waals surface area (Å²) in [6.07, 6.45) is 3.30. The van der Waals surface area contributed by atoms with Crippen molar-refractivity contribution < 1.29 is 14.4 Å². The van der Waals surface area contributed by atoms with Crippen LogP contribution in [-0.2, 0) is 14.4 Å². The van der Waals surface area contributed by atoms with E-state index in [1.165, 1.54) is 25.3 Å². The fourth-order valence-electron chi connectivity index (χ4n) is 4.82. The number of amides is 3. The molecular formula is C26H40ClN3O3. The van der Waals surface area contributed by atoms with Gasteiger partial charge in [0.15, 0.2) is 0 Å². The number of nitrogens with one attached hydrogen (secondary N) is 1. The first-order valence-electron chi connectivity index (χ1n) is 12.0. The standard InChI is InChI=1S/C20H29ClN2O2.C6H11NO/c1-13(2)18(22-14(3)24)19(25)23-11-10-17(20(4,5)12-23)15-6-8-16(21)9-7-15;1-6(8)7-4-2-3-5-7/h6-9,13,17-18H,10-12H2,1-5H3,(H,22,24);2-5H2,1H3. The maximum atomic E-state index is 12.9. The van der Waals surface area contributed by atoms with Crippen molar-refractivity contribution in [3.8, 4) is 0 Å². The average molecular weight is 478 g/mol. The Morgan fingerprint density at radius 1 is 1.00 bits per heavy atom. The van der Waals surface area contributed by atoms with Gasteiger partial charge in [0.25, 0.3) is 0 Å². The van der Waals surface area contributed by atoms with E-state index in [1.54, 1.807) is 6.92 Å². The number of carbonyl (C=O) groups excluding carboxylic acids is 3. The summed E-state index contributed by atoms with van der Waals surface area (Å²) in [4.78, 5) is 38.8. The molecule has 6 nitrogen and oxygen atoms in total. The SMILES string of the molecule is CC(=O)N1CCCC1.CC(=O)NC(C(=O)N1CCC(c2ccc(Cl)cc2)C(C)(C)C1)C(C)C. The van der Waals surface area contributed by atoms with Crippen LogP contribution in [0.25, 0.3) is 0 Å². The maximum Gasteiger partial charge on any atom is 0.245 e. The first-order valence-corrected chi connectivity index (χ1v) is 12.4. The molecular weight excluding hydrogens is 438 g/mol. The third-order valence-corrected chi connectivity index (χ3v) is 6.91. The quantitative estimate of drug-likeness (QED) is 0.695. The van der Waals surface area contributed by atoms with Gasteiger partial charge in [-0.25, -0.2) is 0 Å². The van der Waals surface area contributed by atoms with Crippen molar-refractivity contribution >= 4 is 29.3 Å². The molecule has 1 aromatic rings. The van der Waals surface area contributed by atoms with E-state index in [9.17, 15) is 14.4 Å².